The van der Waals surface area contributed by atoms with Crippen LogP contribution in [-0.2, 0) is 11.3 Å². The van der Waals surface area contributed by atoms with Gasteiger partial charge in [0.25, 0.3) is 0 Å². The van der Waals surface area contributed by atoms with E-state index in [1.165, 1.54) is 0 Å². The fourth-order valence-corrected chi connectivity index (χ4v) is 3.96. The molecule has 0 fully saturated rings. The summed E-state index contributed by atoms with van der Waals surface area (Å²) in [5.74, 6) is 0. The van der Waals surface area contributed by atoms with Crippen molar-refractivity contribution in [2.75, 3.05) is 20.7 Å². The Labute approximate surface area is 184 Å². The number of pyridine rings is 1. The molecule has 1 aromatic heterocycles. The van der Waals surface area contributed by atoms with Crippen LogP contribution >= 0.6 is 11.6 Å². The van der Waals surface area contributed by atoms with Crippen molar-refractivity contribution in [3.8, 4) is 11.1 Å². The molecular formula is C25H31ClN2O2. The molecule has 2 aromatic carbocycles. The number of fused-ring (bicyclic) bond motifs is 1. The van der Waals surface area contributed by atoms with E-state index in [1.807, 2.05) is 59.1 Å². The molecule has 30 heavy (non-hydrogen) atoms. The molecule has 3 rings (SSSR count). The van der Waals surface area contributed by atoms with Crippen LogP contribution in [0.1, 0.15) is 43.7 Å². The fraction of sp³-hybridized carbons (Fsp3) is 0.400. The van der Waals surface area contributed by atoms with Crippen molar-refractivity contribution in [2.24, 2.45) is 0 Å². The predicted octanol–water partition coefficient (Wildman–Crippen LogP) is 5.77. The number of aromatic nitrogens is 1. The SMILES string of the molecule is Cc1cc2nc(CN(C)C)ccc2c(-c2ccc(Cl)cc2)c1[C@@H](CO)OC(C)(C)C. The zero-order valence-electron chi connectivity index (χ0n) is 18.7. The average Bonchev–Trinajstić information content (AvgIpc) is 2.64. The molecule has 0 unspecified atom stereocenters. The van der Waals surface area contributed by atoms with Crippen LogP contribution in [0.3, 0.4) is 0 Å². The van der Waals surface area contributed by atoms with E-state index in [2.05, 4.69) is 30.0 Å². The zero-order chi connectivity index (χ0) is 22.1. The molecule has 0 spiro atoms. The fourth-order valence-electron chi connectivity index (χ4n) is 3.83. The lowest BCUT2D eigenvalue weighted by atomic mass is 9.88. The lowest BCUT2D eigenvalue weighted by Gasteiger charge is -2.30. The molecule has 0 saturated heterocycles. The van der Waals surface area contributed by atoms with Crippen LogP contribution in [0.2, 0.25) is 5.02 Å². The minimum Gasteiger partial charge on any atom is -0.393 e. The number of hydrogen-bond donors (Lipinski definition) is 1. The molecule has 4 nitrogen and oxygen atoms in total. The summed E-state index contributed by atoms with van der Waals surface area (Å²) in [5.41, 5.74) is 5.67. The van der Waals surface area contributed by atoms with Gasteiger partial charge < -0.3 is 14.7 Å². The van der Waals surface area contributed by atoms with Gasteiger partial charge in [0.15, 0.2) is 0 Å². The van der Waals surface area contributed by atoms with E-state index >= 15 is 0 Å². The predicted molar refractivity (Wildman–Crippen MR) is 125 cm³/mol. The van der Waals surface area contributed by atoms with Crippen LogP contribution in [0.15, 0.2) is 42.5 Å². The minimum atomic E-state index is -0.443. The van der Waals surface area contributed by atoms with Crippen molar-refractivity contribution in [3.05, 3.63) is 64.3 Å². The van der Waals surface area contributed by atoms with Crippen molar-refractivity contribution in [2.45, 2.75) is 45.9 Å². The first-order valence-electron chi connectivity index (χ1n) is 10.2. The Balaban J connectivity index is 2.29. The van der Waals surface area contributed by atoms with Crippen LogP contribution in [-0.4, -0.2) is 41.3 Å². The van der Waals surface area contributed by atoms with E-state index in [-0.39, 0.29) is 12.2 Å². The molecule has 3 aromatic rings. The highest BCUT2D eigenvalue weighted by Gasteiger charge is 2.26. The zero-order valence-corrected chi connectivity index (χ0v) is 19.4. The molecule has 1 atom stereocenters. The summed E-state index contributed by atoms with van der Waals surface area (Å²) in [6, 6.07) is 14.1. The molecule has 0 aliphatic carbocycles. The second-order valence-electron chi connectivity index (χ2n) is 9.00. The van der Waals surface area contributed by atoms with Crippen LogP contribution in [0.4, 0.5) is 0 Å². The number of aliphatic hydroxyl groups is 1. The van der Waals surface area contributed by atoms with Gasteiger partial charge in [-0.2, -0.15) is 0 Å². The molecule has 0 saturated carbocycles. The first kappa shape index (κ1) is 22.7. The monoisotopic (exact) mass is 426 g/mol. The van der Waals surface area contributed by atoms with Gasteiger partial charge in [-0.15, -0.1) is 0 Å². The van der Waals surface area contributed by atoms with Crippen molar-refractivity contribution in [1.29, 1.82) is 0 Å². The van der Waals surface area contributed by atoms with Crippen LogP contribution < -0.4 is 0 Å². The van der Waals surface area contributed by atoms with E-state index in [4.69, 9.17) is 21.3 Å². The third kappa shape index (κ3) is 5.19. The third-order valence-electron chi connectivity index (χ3n) is 4.89. The maximum Gasteiger partial charge on any atom is 0.107 e. The first-order valence-corrected chi connectivity index (χ1v) is 10.6. The molecule has 0 aliphatic rings. The molecule has 0 bridgehead atoms. The highest BCUT2D eigenvalue weighted by Crippen LogP contribution is 2.40. The maximum absolute atomic E-state index is 10.2. The summed E-state index contributed by atoms with van der Waals surface area (Å²) >= 11 is 6.15. The quantitative estimate of drug-likeness (QED) is 0.543. The van der Waals surface area contributed by atoms with Crippen molar-refractivity contribution < 1.29 is 9.84 Å². The van der Waals surface area contributed by atoms with E-state index in [1.54, 1.807) is 0 Å². The number of aliphatic hydroxyl groups excluding tert-OH is 1. The summed E-state index contributed by atoms with van der Waals surface area (Å²) in [7, 11) is 4.07. The Morgan fingerprint density at radius 3 is 2.33 bits per heavy atom. The first-order chi connectivity index (χ1) is 14.1. The molecule has 5 heteroatoms. The number of aryl methyl sites for hydroxylation is 1. The van der Waals surface area contributed by atoms with Crippen LogP contribution in [0.25, 0.3) is 22.0 Å². The summed E-state index contributed by atoms with van der Waals surface area (Å²) in [4.78, 5) is 7.02. The lowest BCUT2D eigenvalue weighted by Crippen LogP contribution is -2.25. The molecule has 0 aliphatic heterocycles. The number of ether oxygens (including phenoxy) is 1. The molecule has 1 heterocycles. The van der Waals surface area contributed by atoms with Gasteiger partial charge in [0.05, 0.1) is 23.4 Å². The van der Waals surface area contributed by atoms with E-state index in [0.29, 0.717) is 5.02 Å². The molecule has 0 radical (unpaired) electrons. The number of halogens is 1. The van der Waals surface area contributed by atoms with Gasteiger partial charge in [0, 0.05) is 17.0 Å². The van der Waals surface area contributed by atoms with Crippen molar-refractivity contribution >= 4 is 22.5 Å². The third-order valence-corrected chi connectivity index (χ3v) is 5.15. The smallest absolute Gasteiger partial charge is 0.107 e. The molecule has 0 amide bonds. The normalized spacial score (nSPS) is 13.2. The van der Waals surface area contributed by atoms with Gasteiger partial charge in [0.2, 0.25) is 0 Å². The second-order valence-corrected chi connectivity index (χ2v) is 9.43. The van der Waals surface area contributed by atoms with E-state index in [0.717, 1.165) is 45.4 Å². The Kier molecular flexibility index (Phi) is 6.83. The Morgan fingerprint density at radius 1 is 1.10 bits per heavy atom. The van der Waals surface area contributed by atoms with E-state index in [9.17, 15) is 5.11 Å². The van der Waals surface area contributed by atoms with Gasteiger partial charge in [0.1, 0.15) is 6.10 Å². The van der Waals surface area contributed by atoms with Gasteiger partial charge in [-0.25, -0.2) is 0 Å². The summed E-state index contributed by atoms with van der Waals surface area (Å²) in [6.45, 7) is 8.74. The number of hydrogen-bond acceptors (Lipinski definition) is 4. The number of nitrogens with zero attached hydrogens (tertiary/aromatic N) is 2. The average molecular weight is 427 g/mol. The molecule has 160 valence electrons. The van der Waals surface area contributed by atoms with Crippen LogP contribution in [0.5, 0.6) is 0 Å². The minimum absolute atomic E-state index is 0.101. The second kappa shape index (κ2) is 9.03. The molecule has 1 N–H and O–H groups in total. The standard InChI is InChI=1S/C25H31ClN2O2/c1-16-13-21-20(12-11-19(27-21)14-28(5)6)24(17-7-9-18(26)10-8-17)23(16)22(15-29)30-25(2,3)4/h7-13,22,29H,14-15H2,1-6H3/t22-/m1/s1. The lowest BCUT2D eigenvalue weighted by molar-refractivity contribution is -0.0821. The van der Waals surface area contributed by atoms with Crippen molar-refractivity contribution in [3.63, 3.8) is 0 Å². The number of benzene rings is 2. The van der Waals surface area contributed by atoms with Crippen molar-refractivity contribution in [1.82, 2.24) is 9.88 Å². The largest absolute Gasteiger partial charge is 0.393 e. The Bertz CT molecular complexity index is 1020. The van der Waals surface area contributed by atoms with Gasteiger partial charge in [-0.1, -0.05) is 29.8 Å². The highest BCUT2D eigenvalue weighted by atomic mass is 35.5. The van der Waals surface area contributed by atoms with Gasteiger partial charge in [-0.3, -0.25) is 4.98 Å². The summed E-state index contributed by atoms with van der Waals surface area (Å²) in [6.07, 6.45) is -0.443. The Hall–Kier alpha value is -1.98. The summed E-state index contributed by atoms with van der Waals surface area (Å²) < 4.78 is 6.26. The van der Waals surface area contributed by atoms with Gasteiger partial charge >= 0.3 is 0 Å². The molecular weight excluding hydrogens is 396 g/mol. The topological polar surface area (TPSA) is 45.6 Å². The van der Waals surface area contributed by atoms with Gasteiger partial charge in [-0.05, 0) is 88.3 Å². The number of rotatable bonds is 6. The Morgan fingerprint density at radius 2 is 1.77 bits per heavy atom. The summed E-state index contributed by atoms with van der Waals surface area (Å²) in [5, 5.41) is 12.0. The van der Waals surface area contributed by atoms with E-state index < -0.39 is 6.10 Å². The highest BCUT2D eigenvalue weighted by molar-refractivity contribution is 6.30. The maximum atomic E-state index is 10.2. The van der Waals surface area contributed by atoms with Crippen LogP contribution in [0, 0.1) is 6.92 Å².